The summed E-state index contributed by atoms with van der Waals surface area (Å²) in [5.41, 5.74) is 1.16. The Hall–Kier alpha value is -2.94. The molecule has 32 heavy (non-hydrogen) atoms. The predicted octanol–water partition coefficient (Wildman–Crippen LogP) is 3.35. The third-order valence-corrected chi connectivity index (χ3v) is 8.56. The SMILES string of the molecule is N#Cc1ccc(C(=O)C2CCC3C=NCC4N5C(=CC=NCC5C5CCC5)NC34C2)cc1. The molecule has 5 atom stereocenters. The van der Waals surface area contributed by atoms with E-state index in [1.807, 2.05) is 18.3 Å². The number of carbonyl (C=O) groups is 1. The lowest BCUT2D eigenvalue weighted by molar-refractivity contribution is 0.0550. The number of hydrogen-bond donors (Lipinski definition) is 1. The summed E-state index contributed by atoms with van der Waals surface area (Å²) in [6.07, 6.45) is 12.8. The van der Waals surface area contributed by atoms with Gasteiger partial charge in [-0.3, -0.25) is 14.8 Å². The highest BCUT2D eigenvalue weighted by Gasteiger charge is 2.59. The van der Waals surface area contributed by atoms with Crippen LogP contribution in [0.2, 0.25) is 0 Å². The van der Waals surface area contributed by atoms with Crippen molar-refractivity contribution in [1.82, 2.24) is 10.2 Å². The van der Waals surface area contributed by atoms with Crippen LogP contribution in [0.15, 0.2) is 46.1 Å². The number of nitrogens with zero attached hydrogens (tertiary/aromatic N) is 4. The molecule has 5 unspecified atom stereocenters. The molecule has 6 nitrogen and oxygen atoms in total. The molecule has 0 bridgehead atoms. The van der Waals surface area contributed by atoms with Crippen LogP contribution in [0.25, 0.3) is 0 Å². The van der Waals surface area contributed by atoms with Gasteiger partial charge >= 0.3 is 0 Å². The molecule has 0 radical (unpaired) electrons. The lowest BCUT2D eigenvalue weighted by Gasteiger charge is -2.50. The number of carbonyl (C=O) groups excluding carboxylic acids is 1. The molecule has 3 fully saturated rings. The van der Waals surface area contributed by atoms with Crippen LogP contribution in [0.1, 0.15) is 54.4 Å². The van der Waals surface area contributed by atoms with E-state index < -0.39 is 0 Å². The summed E-state index contributed by atoms with van der Waals surface area (Å²) in [6, 6.07) is 9.95. The fourth-order valence-electron chi connectivity index (χ4n) is 6.66. The monoisotopic (exact) mass is 427 g/mol. The van der Waals surface area contributed by atoms with E-state index >= 15 is 0 Å². The number of fused-ring (bicyclic) bond motifs is 2. The standard InChI is InChI=1S/C26H29N5O/c27-13-17-4-6-19(7-5-17)25(32)20-8-9-21-14-29-16-23-26(21,12-20)30-24-10-11-28-15-22(31(23)24)18-2-1-3-18/h4-7,10-11,14,18,20-23,30H,1-3,8-9,12,15-16H2. The molecule has 5 aliphatic rings. The first-order valence-electron chi connectivity index (χ1n) is 12.0. The van der Waals surface area contributed by atoms with Crippen LogP contribution >= 0.6 is 0 Å². The molecule has 1 aromatic carbocycles. The second kappa shape index (κ2) is 7.58. The second-order valence-corrected chi connectivity index (χ2v) is 10.1. The number of Topliss-reactive ketones (excluding diaryl/α,β-unsaturated/α-hetero) is 1. The van der Waals surface area contributed by atoms with Gasteiger partial charge in [0, 0.05) is 29.8 Å². The molecule has 0 amide bonds. The molecule has 1 N–H and O–H groups in total. The Morgan fingerprint density at radius 2 is 1.97 bits per heavy atom. The number of nitriles is 1. The smallest absolute Gasteiger partial charge is 0.166 e. The Labute approximate surface area is 189 Å². The molecule has 1 spiro atoms. The van der Waals surface area contributed by atoms with Crippen molar-refractivity contribution in [1.29, 1.82) is 5.26 Å². The average molecular weight is 428 g/mol. The summed E-state index contributed by atoms with van der Waals surface area (Å²) in [6.45, 7) is 1.63. The highest BCUT2D eigenvalue weighted by atomic mass is 16.1. The molecule has 2 saturated carbocycles. The maximum atomic E-state index is 13.5. The van der Waals surface area contributed by atoms with E-state index in [2.05, 4.69) is 33.6 Å². The largest absolute Gasteiger partial charge is 0.363 e. The van der Waals surface area contributed by atoms with E-state index in [1.165, 1.54) is 25.1 Å². The van der Waals surface area contributed by atoms with E-state index in [0.717, 1.165) is 37.9 Å². The highest BCUT2D eigenvalue weighted by Crippen LogP contribution is 2.49. The van der Waals surface area contributed by atoms with Gasteiger partial charge < -0.3 is 10.2 Å². The minimum Gasteiger partial charge on any atom is -0.363 e. The van der Waals surface area contributed by atoms with Crippen molar-refractivity contribution in [3.63, 3.8) is 0 Å². The van der Waals surface area contributed by atoms with Crippen LogP contribution in [-0.2, 0) is 0 Å². The number of benzene rings is 1. The van der Waals surface area contributed by atoms with Gasteiger partial charge in [-0.05, 0) is 56.2 Å². The Balaban J connectivity index is 1.32. The third-order valence-electron chi connectivity index (χ3n) is 8.56. The molecule has 1 aromatic rings. The normalized spacial score (nSPS) is 35.3. The minimum absolute atomic E-state index is 0.0133. The predicted molar refractivity (Wildman–Crippen MR) is 124 cm³/mol. The van der Waals surface area contributed by atoms with Gasteiger partial charge in [-0.1, -0.05) is 18.6 Å². The van der Waals surface area contributed by atoms with Gasteiger partial charge in [-0.2, -0.15) is 5.26 Å². The number of allylic oxidation sites excluding steroid dienone is 1. The Morgan fingerprint density at radius 3 is 2.72 bits per heavy atom. The number of rotatable bonds is 3. The van der Waals surface area contributed by atoms with Crippen LogP contribution < -0.4 is 5.32 Å². The van der Waals surface area contributed by atoms with Gasteiger partial charge in [0.1, 0.15) is 5.82 Å². The summed E-state index contributed by atoms with van der Waals surface area (Å²) in [4.78, 5) is 25.6. The van der Waals surface area contributed by atoms with Crippen LogP contribution in [-0.4, -0.2) is 53.8 Å². The molecule has 1 saturated heterocycles. The van der Waals surface area contributed by atoms with Gasteiger partial charge in [0.15, 0.2) is 5.78 Å². The number of hydrogen-bond acceptors (Lipinski definition) is 6. The topological polar surface area (TPSA) is 80.8 Å². The highest BCUT2D eigenvalue weighted by molar-refractivity contribution is 5.98. The zero-order valence-corrected chi connectivity index (χ0v) is 18.3. The number of aliphatic imine (C=N–C) groups is 2. The quantitative estimate of drug-likeness (QED) is 0.750. The third kappa shape index (κ3) is 2.94. The van der Waals surface area contributed by atoms with E-state index in [9.17, 15) is 4.79 Å². The van der Waals surface area contributed by atoms with Crippen molar-refractivity contribution in [3.05, 3.63) is 47.3 Å². The van der Waals surface area contributed by atoms with Crippen molar-refractivity contribution in [2.45, 2.75) is 56.1 Å². The van der Waals surface area contributed by atoms with Gasteiger partial charge in [0.05, 0.1) is 42.3 Å². The molecule has 6 rings (SSSR count). The maximum absolute atomic E-state index is 13.5. The first-order chi connectivity index (χ1) is 15.7. The fourth-order valence-corrected chi connectivity index (χ4v) is 6.66. The van der Waals surface area contributed by atoms with E-state index in [4.69, 9.17) is 10.3 Å². The van der Waals surface area contributed by atoms with Gasteiger partial charge in [0.2, 0.25) is 0 Å². The van der Waals surface area contributed by atoms with Crippen LogP contribution in [0, 0.1) is 29.1 Å². The van der Waals surface area contributed by atoms with Gasteiger partial charge in [-0.15, -0.1) is 0 Å². The first kappa shape index (κ1) is 19.7. The van der Waals surface area contributed by atoms with Crippen LogP contribution in [0.4, 0.5) is 0 Å². The van der Waals surface area contributed by atoms with E-state index in [-0.39, 0.29) is 23.3 Å². The summed E-state index contributed by atoms with van der Waals surface area (Å²) in [5, 5.41) is 13.0. The first-order valence-corrected chi connectivity index (χ1v) is 12.0. The lowest BCUT2D eigenvalue weighted by atomic mass is 9.63. The zero-order chi connectivity index (χ0) is 21.7. The molecule has 2 aliphatic carbocycles. The lowest BCUT2D eigenvalue weighted by Crippen LogP contribution is -2.63. The fraction of sp³-hybridized carbons (Fsp3) is 0.538. The van der Waals surface area contributed by atoms with Gasteiger partial charge in [-0.25, -0.2) is 0 Å². The van der Waals surface area contributed by atoms with Crippen LogP contribution in [0.3, 0.4) is 0 Å². The van der Waals surface area contributed by atoms with Crippen LogP contribution in [0.5, 0.6) is 0 Å². The molecule has 0 aromatic heterocycles. The molecule has 164 valence electrons. The summed E-state index contributed by atoms with van der Waals surface area (Å²) >= 11 is 0. The Bertz CT molecular complexity index is 1050. The van der Waals surface area contributed by atoms with E-state index in [0.29, 0.717) is 23.4 Å². The van der Waals surface area contributed by atoms with Crippen molar-refractivity contribution in [2.75, 3.05) is 13.1 Å². The minimum atomic E-state index is -0.147. The molecule has 3 heterocycles. The van der Waals surface area contributed by atoms with Crippen molar-refractivity contribution in [3.8, 4) is 6.07 Å². The Morgan fingerprint density at radius 1 is 1.12 bits per heavy atom. The number of ketones is 1. The summed E-state index contributed by atoms with van der Waals surface area (Å²) in [7, 11) is 0. The summed E-state index contributed by atoms with van der Waals surface area (Å²) < 4.78 is 0. The van der Waals surface area contributed by atoms with Crippen molar-refractivity contribution < 1.29 is 4.79 Å². The van der Waals surface area contributed by atoms with Crippen molar-refractivity contribution >= 4 is 18.2 Å². The molecular weight excluding hydrogens is 398 g/mol. The second-order valence-electron chi connectivity index (χ2n) is 10.1. The summed E-state index contributed by atoms with van der Waals surface area (Å²) in [5.74, 6) is 2.42. The molecular formula is C26H29N5O. The molecule has 6 heteroatoms. The van der Waals surface area contributed by atoms with E-state index in [1.54, 1.807) is 12.1 Å². The maximum Gasteiger partial charge on any atom is 0.166 e. The number of nitrogens with one attached hydrogen (secondary N) is 1. The Kier molecular flexibility index (Phi) is 4.67. The molecule has 3 aliphatic heterocycles. The average Bonchev–Trinajstić information content (AvgIpc) is 2.98. The zero-order valence-electron chi connectivity index (χ0n) is 18.3. The van der Waals surface area contributed by atoms with Gasteiger partial charge in [0.25, 0.3) is 0 Å². The van der Waals surface area contributed by atoms with Crippen molar-refractivity contribution in [2.24, 2.45) is 27.7 Å².